The molecule has 0 saturated carbocycles. The van der Waals surface area contributed by atoms with E-state index >= 15 is 0 Å². The molecule has 0 aliphatic heterocycles. The van der Waals surface area contributed by atoms with Gasteiger partial charge in [0.05, 0.1) is 12.2 Å². The quantitative estimate of drug-likeness (QED) is 0.615. The van der Waals surface area contributed by atoms with Crippen LogP contribution < -0.4 is 4.74 Å². The molecule has 1 rings (SSSR count). The fourth-order valence-electron chi connectivity index (χ4n) is 1.09. The molecule has 0 saturated heterocycles. The Bertz CT molecular complexity index is 393. The number of unbranched alkanes of at least 4 members (excludes halogenated alkanes) is 1. The number of halogens is 1. The number of carboxylic acids is 1. The molecule has 1 heterocycles. The fourth-order valence-corrected chi connectivity index (χ4v) is 1.33. The molecule has 0 fully saturated rings. The summed E-state index contributed by atoms with van der Waals surface area (Å²) >= 11 is 5.83. The second kappa shape index (κ2) is 6.12. The Balaban J connectivity index is 2.69. The van der Waals surface area contributed by atoms with E-state index in [-0.39, 0.29) is 16.5 Å². The molecule has 0 atom stereocenters. The van der Waals surface area contributed by atoms with E-state index in [1.807, 2.05) is 0 Å². The largest absolute Gasteiger partial charge is 0.478 e. The molecule has 86 valence electrons. The molecule has 0 amide bonds. The number of carbonyl (C=O) groups is 1. The van der Waals surface area contributed by atoms with E-state index in [1.165, 1.54) is 12.3 Å². The van der Waals surface area contributed by atoms with Crippen LogP contribution in [0.3, 0.4) is 0 Å². The van der Waals surface area contributed by atoms with Crippen LogP contribution in [0.5, 0.6) is 5.88 Å². The van der Waals surface area contributed by atoms with Gasteiger partial charge < -0.3 is 9.84 Å². The summed E-state index contributed by atoms with van der Waals surface area (Å²) in [5, 5.41) is 8.85. The Labute approximate surface area is 98.5 Å². The molecule has 0 spiro atoms. The van der Waals surface area contributed by atoms with E-state index in [0.29, 0.717) is 6.61 Å². The highest BCUT2D eigenvalue weighted by Gasteiger charge is 2.13. The number of aromatic carboxylic acids is 1. The SMILES string of the molecule is C=CCCCOc1nccc(C(=O)O)c1Cl. The van der Waals surface area contributed by atoms with Crippen molar-refractivity contribution in [3.8, 4) is 5.88 Å². The molecule has 4 nitrogen and oxygen atoms in total. The maximum Gasteiger partial charge on any atom is 0.337 e. The number of allylic oxidation sites excluding steroid dienone is 1. The number of hydrogen-bond acceptors (Lipinski definition) is 3. The van der Waals surface area contributed by atoms with Crippen LogP contribution in [0.25, 0.3) is 0 Å². The number of rotatable bonds is 6. The number of nitrogens with zero attached hydrogens (tertiary/aromatic N) is 1. The Kier molecular flexibility index (Phi) is 4.79. The standard InChI is InChI=1S/C11H12ClNO3/c1-2-3-4-7-16-10-9(12)8(11(14)15)5-6-13-10/h2,5-6H,1,3-4,7H2,(H,14,15). The van der Waals surface area contributed by atoms with E-state index in [0.717, 1.165) is 12.8 Å². The van der Waals surface area contributed by atoms with Gasteiger partial charge in [0.2, 0.25) is 5.88 Å². The minimum absolute atomic E-state index is 0.00427. The van der Waals surface area contributed by atoms with Gasteiger partial charge >= 0.3 is 5.97 Å². The van der Waals surface area contributed by atoms with Gasteiger partial charge in [-0.05, 0) is 18.9 Å². The first-order valence-electron chi connectivity index (χ1n) is 4.78. The van der Waals surface area contributed by atoms with Crippen LogP contribution in [0, 0.1) is 0 Å². The summed E-state index contributed by atoms with van der Waals surface area (Å²) in [7, 11) is 0. The summed E-state index contributed by atoms with van der Waals surface area (Å²) in [6.07, 6.45) is 4.76. The van der Waals surface area contributed by atoms with Crippen LogP contribution in [-0.2, 0) is 0 Å². The van der Waals surface area contributed by atoms with Crippen molar-refractivity contribution in [2.24, 2.45) is 0 Å². The monoisotopic (exact) mass is 241 g/mol. The minimum Gasteiger partial charge on any atom is -0.478 e. The second-order valence-corrected chi connectivity index (χ2v) is 3.44. The van der Waals surface area contributed by atoms with E-state index in [9.17, 15) is 4.79 Å². The van der Waals surface area contributed by atoms with Crippen molar-refractivity contribution in [1.82, 2.24) is 4.98 Å². The fraction of sp³-hybridized carbons (Fsp3) is 0.273. The van der Waals surface area contributed by atoms with Crippen LogP contribution in [0.2, 0.25) is 5.02 Å². The van der Waals surface area contributed by atoms with Crippen molar-refractivity contribution in [3.63, 3.8) is 0 Å². The lowest BCUT2D eigenvalue weighted by Gasteiger charge is -2.07. The van der Waals surface area contributed by atoms with Gasteiger partial charge in [0.1, 0.15) is 5.02 Å². The van der Waals surface area contributed by atoms with Gasteiger partial charge in [-0.1, -0.05) is 17.7 Å². The van der Waals surface area contributed by atoms with Crippen molar-refractivity contribution in [2.45, 2.75) is 12.8 Å². The van der Waals surface area contributed by atoms with Gasteiger partial charge in [-0.2, -0.15) is 0 Å². The van der Waals surface area contributed by atoms with Crippen LogP contribution in [-0.4, -0.2) is 22.7 Å². The van der Waals surface area contributed by atoms with Crippen molar-refractivity contribution in [3.05, 3.63) is 35.5 Å². The maximum atomic E-state index is 10.8. The summed E-state index contributed by atoms with van der Waals surface area (Å²) in [6, 6.07) is 1.33. The molecular formula is C11H12ClNO3. The molecular weight excluding hydrogens is 230 g/mol. The zero-order valence-corrected chi connectivity index (χ0v) is 9.41. The Morgan fingerprint density at radius 1 is 1.69 bits per heavy atom. The third-order valence-electron chi connectivity index (χ3n) is 1.88. The van der Waals surface area contributed by atoms with E-state index in [1.54, 1.807) is 6.08 Å². The lowest BCUT2D eigenvalue weighted by molar-refractivity contribution is 0.0696. The molecule has 0 aliphatic carbocycles. The van der Waals surface area contributed by atoms with Crippen molar-refractivity contribution in [1.29, 1.82) is 0 Å². The average molecular weight is 242 g/mol. The number of ether oxygens (including phenoxy) is 1. The first kappa shape index (κ1) is 12.5. The van der Waals surface area contributed by atoms with Gasteiger partial charge in [-0.15, -0.1) is 6.58 Å². The summed E-state index contributed by atoms with van der Waals surface area (Å²) in [4.78, 5) is 14.6. The number of pyridine rings is 1. The number of hydrogen-bond donors (Lipinski definition) is 1. The van der Waals surface area contributed by atoms with E-state index in [4.69, 9.17) is 21.4 Å². The zero-order valence-electron chi connectivity index (χ0n) is 8.65. The zero-order chi connectivity index (χ0) is 12.0. The minimum atomic E-state index is -1.09. The molecule has 1 aromatic heterocycles. The molecule has 1 N–H and O–H groups in total. The van der Waals surface area contributed by atoms with Gasteiger partial charge in [-0.25, -0.2) is 9.78 Å². The highest BCUT2D eigenvalue weighted by molar-refractivity contribution is 6.34. The van der Waals surface area contributed by atoms with Crippen molar-refractivity contribution in [2.75, 3.05) is 6.61 Å². The first-order chi connectivity index (χ1) is 7.66. The second-order valence-electron chi connectivity index (χ2n) is 3.06. The highest BCUT2D eigenvalue weighted by Crippen LogP contribution is 2.25. The molecule has 0 unspecified atom stereocenters. The third-order valence-corrected chi connectivity index (χ3v) is 2.24. The lowest BCUT2D eigenvalue weighted by Crippen LogP contribution is -2.03. The Hall–Kier alpha value is -1.55. The van der Waals surface area contributed by atoms with Crippen LogP contribution in [0.15, 0.2) is 24.9 Å². The summed E-state index contributed by atoms with van der Waals surface area (Å²) in [5.41, 5.74) is -0.00427. The molecule has 16 heavy (non-hydrogen) atoms. The molecule has 1 aromatic rings. The van der Waals surface area contributed by atoms with Gasteiger partial charge in [0.25, 0.3) is 0 Å². The van der Waals surface area contributed by atoms with Crippen LogP contribution >= 0.6 is 11.6 Å². The Morgan fingerprint density at radius 3 is 3.06 bits per heavy atom. The van der Waals surface area contributed by atoms with Gasteiger partial charge in [-0.3, -0.25) is 0 Å². The molecule has 0 aromatic carbocycles. The molecule has 0 bridgehead atoms. The summed E-state index contributed by atoms with van der Waals surface area (Å²) in [6.45, 7) is 4.02. The summed E-state index contributed by atoms with van der Waals surface area (Å²) in [5.74, 6) is -0.936. The first-order valence-corrected chi connectivity index (χ1v) is 5.16. The molecule has 5 heteroatoms. The predicted molar refractivity (Wildman–Crippen MR) is 61.1 cm³/mol. The van der Waals surface area contributed by atoms with E-state index in [2.05, 4.69) is 11.6 Å². The lowest BCUT2D eigenvalue weighted by atomic mass is 10.2. The van der Waals surface area contributed by atoms with Crippen LogP contribution in [0.4, 0.5) is 0 Å². The third kappa shape index (κ3) is 3.24. The smallest absolute Gasteiger partial charge is 0.337 e. The molecule has 0 aliphatic rings. The van der Waals surface area contributed by atoms with Gasteiger partial charge in [0, 0.05) is 6.20 Å². The van der Waals surface area contributed by atoms with Gasteiger partial charge in [0.15, 0.2) is 0 Å². The topological polar surface area (TPSA) is 59.4 Å². The van der Waals surface area contributed by atoms with E-state index < -0.39 is 5.97 Å². The number of aromatic nitrogens is 1. The summed E-state index contributed by atoms with van der Waals surface area (Å²) < 4.78 is 5.28. The average Bonchev–Trinajstić information content (AvgIpc) is 2.26. The van der Waals surface area contributed by atoms with Crippen molar-refractivity contribution < 1.29 is 14.6 Å². The van der Waals surface area contributed by atoms with Crippen LogP contribution in [0.1, 0.15) is 23.2 Å². The normalized spacial score (nSPS) is 9.81. The highest BCUT2D eigenvalue weighted by atomic mass is 35.5. The number of carboxylic acid groups (broad SMARTS) is 1. The predicted octanol–water partition coefficient (Wildman–Crippen LogP) is 2.78. The maximum absolute atomic E-state index is 10.8. The van der Waals surface area contributed by atoms with Crippen molar-refractivity contribution >= 4 is 17.6 Å². The Morgan fingerprint density at radius 2 is 2.44 bits per heavy atom. The molecule has 0 radical (unpaired) electrons.